The lowest BCUT2D eigenvalue weighted by Gasteiger charge is -2.24. The van der Waals surface area contributed by atoms with Crippen LogP contribution in [0.15, 0.2) is 60.7 Å². The number of aliphatic carboxylic acids is 1. The van der Waals surface area contributed by atoms with Crippen molar-refractivity contribution in [2.24, 2.45) is 0 Å². The number of methoxy groups -OCH3 is 1. The average molecular weight is 519 g/mol. The van der Waals surface area contributed by atoms with Crippen LogP contribution in [0.25, 0.3) is 11.1 Å². The molecule has 0 radical (unpaired) electrons. The van der Waals surface area contributed by atoms with Crippen LogP contribution in [0.1, 0.15) is 41.6 Å². The molecule has 1 atom stereocenters. The molecule has 1 unspecified atom stereocenters. The van der Waals surface area contributed by atoms with E-state index in [1.165, 1.54) is 37.4 Å². The first kappa shape index (κ1) is 27.5. The topological polar surface area (TPSA) is 87.7 Å². The maximum atomic E-state index is 13.6. The Labute approximate surface area is 211 Å². The number of amides is 2. The first-order valence-electron chi connectivity index (χ1n) is 11.4. The molecule has 3 rings (SSSR count). The molecular weight excluding hydrogens is 492 g/mol. The zero-order chi connectivity index (χ0) is 27.2. The Kier molecular flexibility index (Phi) is 8.75. The van der Waals surface area contributed by atoms with E-state index in [1.807, 2.05) is 0 Å². The van der Waals surface area contributed by atoms with Crippen LogP contribution in [0.5, 0.6) is 5.75 Å². The van der Waals surface area contributed by atoms with Crippen molar-refractivity contribution >= 4 is 12.0 Å². The number of hydrogen-bond donors (Lipinski definition) is 3. The van der Waals surface area contributed by atoms with Crippen molar-refractivity contribution in [3.63, 3.8) is 0 Å². The van der Waals surface area contributed by atoms with Crippen LogP contribution in [0.3, 0.4) is 0 Å². The monoisotopic (exact) mass is 518 g/mol. The van der Waals surface area contributed by atoms with E-state index in [-0.39, 0.29) is 24.9 Å². The predicted octanol–water partition coefficient (Wildman–Crippen LogP) is 6.10. The summed E-state index contributed by atoms with van der Waals surface area (Å²) in [5.74, 6) is -1.14. The molecular formula is C27H26F4N2O4. The fourth-order valence-electron chi connectivity index (χ4n) is 3.92. The van der Waals surface area contributed by atoms with Crippen molar-refractivity contribution in [2.75, 3.05) is 7.11 Å². The molecule has 0 spiro atoms. The van der Waals surface area contributed by atoms with Crippen LogP contribution in [-0.4, -0.2) is 24.2 Å². The second-order valence-corrected chi connectivity index (χ2v) is 8.32. The van der Waals surface area contributed by atoms with Crippen LogP contribution in [0.2, 0.25) is 0 Å². The van der Waals surface area contributed by atoms with Crippen LogP contribution in [0, 0.1) is 5.82 Å². The molecule has 0 aliphatic carbocycles. The number of benzene rings is 3. The lowest BCUT2D eigenvalue weighted by molar-refractivity contribution is -0.138. The first-order chi connectivity index (χ1) is 17.5. The quantitative estimate of drug-likeness (QED) is 0.299. The van der Waals surface area contributed by atoms with Crippen molar-refractivity contribution in [1.29, 1.82) is 0 Å². The van der Waals surface area contributed by atoms with Crippen LogP contribution in [0.4, 0.5) is 22.4 Å². The number of rotatable bonds is 9. The molecule has 0 bridgehead atoms. The largest absolute Gasteiger partial charge is 0.496 e. The average Bonchev–Trinajstić information content (AvgIpc) is 2.85. The number of carbonyl (C=O) groups excluding carboxylic acids is 1. The molecule has 2 amide bonds. The zero-order valence-electron chi connectivity index (χ0n) is 20.2. The first-order valence-corrected chi connectivity index (χ1v) is 11.4. The highest BCUT2D eigenvalue weighted by Gasteiger charge is 2.32. The van der Waals surface area contributed by atoms with Gasteiger partial charge in [-0.2, -0.15) is 13.2 Å². The summed E-state index contributed by atoms with van der Waals surface area (Å²) >= 11 is 0. The van der Waals surface area contributed by atoms with Gasteiger partial charge in [0, 0.05) is 12.1 Å². The van der Waals surface area contributed by atoms with Gasteiger partial charge in [-0.05, 0) is 65.1 Å². The van der Waals surface area contributed by atoms with Gasteiger partial charge in [0.15, 0.2) is 0 Å². The molecule has 3 aromatic carbocycles. The lowest BCUT2D eigenvalue weighted by Crippen LogP contribution is -2.37. The van der Waals surface area contributed by atoms with Crippen LogP contribution < -0.4 is 15.4 Å². The highest BCUT2D eigenvalue weighted by Crippen LogP contribution is 2.40. The predicted molar refractivity (Wildman–Crippen MR) is 130 cm³/mol. The Balaban J connectivity index is 1.99. The summed E-state index contributed by atoms with van der Waals surface area (Å²) < 4.78 is 59.3. The van der Waals surface area contributed by atoms with Crippen molar-refractivity contribution in [2.45, 2.75) is 38.5 Å². The molecule has 0 saturated carbocycles. The van der Waals surface area contributed by atoms with Crippen LogP contribution >= 0.6 is 0 Å². The standard InChI is InChI=1S/C27H26F4N2O4/c1-3-23(33-26(36)32-15-16-4-8-19(28)9-5-16)21-14-18(27(29,30)31)7-10-20(21)22-12-17(13-25(34)35)6-11-24(22)37-2/h4-12,14,23H,3,13,15H2,1-2H3,(H,34,35)(H2,32,33,36). The number of alkyl halides is 3. The maximum absolute atomic E-state index is 13.6. The molecule has 0 aromatic heterocycles. The van der Waals surface area contributed by atoms with Gasteiger partial charge in [0.1, 0.15) is 11.6 Å². The molecule has 37 heavy (non-hydrogen) atoms. The zero-order valence-corrected chi connectivity index (χ0v) is 20.2. The Morgan fingerprint density at radius 1 is 0.973 bits per heavy atom. The number of urea groups is 1. The van der Waals surface area contributed by atoms with E-state index < -0.39 is 35.6 Å². The Hall–Kier alpha value is -4.08. The van der Waals surface area contributed by atoms with Gasteiger partial charge in [0.2, 0.25) is 0 Å². The number of halogens is 4. The van der Waals surface area contributed by atoms with Crippen molar-refractivity contribution in [3.8, 4) is 16.9 Å². The molecule has 0 saturated heterocycles. The molecule has 3 aromatic rings. The Morgan fingerprint density at radius 2 is 1.65 bits per heavy atom. The summed E-state index contributed by atoms with van der Waals surface area (Å²) in [6.45, 7) is 1.80. The van der Waals surface area contributed by atoms with Gasteiger partial charge >= 0.3 is 18.2 Å². The van der Waals surface area contributed by atoms with E-state index in [1.54, 1.807) is 25.1 Å². The fraction of sp³-hybridized carbons (Fsp3) is 0.259. The minimum atomic E-state index is -4.62. The van der Waals surface area contributed by atoms with Crippen molar-refractivity contribution in [3.05, 3.63) is 88.7 Å². The smallest absolute Gasteiger partial charge is 0.416 e. The Bertz CT molecular complexity index is 1260. The number of ether oxygens (including phenoxy) is 1. The minimum Gasteiger partial charge on any atom is -0.496 e. The summed E-state index contributed by atoms with van der Waals surface area (Å²) in [5, 5.41) is 14.5. The third kappa shape index (κ3) is 7.22. The Morgan fingerprint density at radius 3 is 2.24 bits per heavy atom. The SMILES string of the molecule is CCC(NC(=O)NCc1ccc(F)cc1)c1cc(C(F)(F)F)ccc1-c1cc(CC(=O)O)ccc1OC. The van der Waals surface area contributed by atoms with Gasteiger partial charge in [-0.1, -0.05) is 31.2 Å². The van der Waals surface area contributed by atoms with Gasteiger partial charge in [-0.3, -0.25) is 4.79 Å². The van der Waals surface area contributed by atoms with Gasteiger partial charge in [0.25, 0.3) is 0 Å². The molecule has 10 heteroatoms. The van der Waals surface area contributed by atoms with E-state index in [9.17, 15) is 32.3 Å². The second kappa shape index (κ2) is 11.8. The highest BCUT2D eigenvalue weighted by atomic mass is 19.4. The van der Waals surface area contributed by atoms with Gasteiger partial charge in [0.05, 0.1) is 25.1 Å². The van der Waals surface area contributed by atoms with E-state index in [0.29, 0.717) is 28.0 Å². The molecule has 0 aliphatic rings. The number of carboxylic acid groups (broad SMARTS) is 1. The summed E-state index contributed by atoms with van der Waals surface area (Å²) in [6, 6.07) is 12.0. The number of hydrogen-bond acceptors (Lipinski definition) is 3. The summed E-state index contributed by atoms with van der Waals surface area (Å²) in [7, 11) is 1.40. The third-order valence-corrected chi connectivity index (χ3v) is 5.74. The molecule has 3 N–H and O–H groups in total. The van der Waals surface area contributed by atoms with Crippen molar-refractivity contribution in [1.82, 2.24) is 10.6 Å². The summed E-state index contributed by atoms with van der Waals surface area (Å²) in [6.07, 6.45) is -4.64. The molecule has 6 nitrogen and oxygen atoms in total. The van der Waals surface area contributed by atoms with E-state index >= 15 is 0 Å². The normalized spacial score (nSPS) is 12.1. The fourth-order valence-corrected chi connectivity index (χ4v) is 3.92. The molecule has 0 fully saturated rings. The van der Waals surface area contributed by atoms with E-state index in [4.69, 9.17) is 4.74 Å². The number of nitrogens with one attached hydrogen (secondary N) is 2. The third-order valence-electron chi connectivity index (χ3n) is 5.74. The second-order valence-electron chi connectivity index (χ2n) is 8.32. The van der Waals surface area contributed by atoms with Gasteiger partial charge in [-0.15, -0.1) is 0 Å². The molecule has 0 aliphatic heterocycles. The van der Waals surface area contributed by atoms with E-state index in [0.717, 1.165) is 12.1 Å². The lowest BCUT2D eigenvalue weighted by atomic mass is 9.90. The molecule has 196 valence electrons. The highest BCUT2D eigenvalue weighted by molar-refractivity contribution is 5.79. The summed E-state index contributed by atoms with van der Waals surface area (Å²) in [4.78, 5) is 23.9. The number of carbonyl (C=O) groups is 2. The van der Waals surface area contributed by atoms with Gasteiger partial charge in [-0.25, -0.2) is 9.18 Å². The molecule has 0 heterocycles. The van der Waals surface area contributed by atoms with Crippen molar-refractivity contribution < 1.29 is 37.0 Å². The summed E-state index contributed by atoms with van der Waals surface area (Å²) in [5.41, 5.74) is 1.15. The van der Waals surface area contributed by atoms with E-state index in [2.05, 4.69) is 10.6 Å². The number of carboxylic acids is 1. The van der Waals surface area contributed by atoms with Crippen LogP contribution in [-0.2, 0) is 23.9 Å². The minimum absolute atomic E-state index is 0.0864. The maximum Gasteiger partial charge on any atom is 0.416 e. The van der Waals surface area contributed by atoms with Gasteiger partial charge < -0.3 is 20.5 Å².